The molecule has 0 spiro atoms. The van der Waals surface area contributed by atoms with Gasteiger partial charge in [0.25, 0.3) is 5.88 Å². The van der Waals surface area contributed by atoms with E-state index < -0.39 is 0 Å². The Kier molecular flexibility index (Phi) is 3.26. The lowest BCUT2D eigenvalue weighted by molar-refractivity contribution is -0.671. The zero-order chi connectivity index (χ0) is 11.4. The molecule has 0 saturated carbocycles. The van der Waals surface area contributed by atoms with Crippen molar-refractivity contribution in [2.24, 2.45) is 7.05 Å². The fourth-order valence-electron chi connectivity index (χ4n) is 1.32. The van der Waals surface area contributed by atoms with Crippen LogP contribution in [0.25, 0.3) is 11.3 Å². The van der Waals surface area contributed by atoms with E-state index in [2.05, 4.69) is 15.3 Å². The van der Waals surface area contributed by atoms with Crippen LogP contribution in [0.15, 0.2) is 37.2 Å². The molecule has 0 N–H and O–H groups in total. The third-order valence-corrected chi connectivity index (χ3v) is 2.52. The standard InChI is InChI=1S/C11H12N3OS/c1-3-7-15-11-10(12-16-13-11)9-5-4-6-14(2)8-9/h3-6,8H,1,7H2,2H3/q+1. The Morgan fingerprint density at radius 2 is 2.44 bits per heavy atom. The third-order valence-electron chi connectivity index (χ3n) is 2.01. The van der Waals surface area contributed by atoms with Gasteiger partial charge in [0.1, 0.15) is 13.7 Å². The molecule has 5 heteroatoms. The molecule has 0 radical (unpaired) electrons. The van der Waals surface area contributed by atoms with Crippen LogP contribution in [0, 0.1) is 0 Å². The van der Waals surface area contributed by atoms with E-state index in [0.717, 1.165) is 23.0 Å². The topological polar surface area (TPSA) is 38.9 Å². The molecular weight excluding hydrogens is 222 g/mol. The second kappa shape index (κ2) is 4.85. The minimum atomic E-state index is 0.442. The van der Waals surface area contributed by atoms with Gasteiger partial charge in [-0.15, -0.1) is 4.37 Å². The van der Waals surface area contributed by atoms with E-state index in [1.165, 1.54) is 0 Å². The molecule has 4 nitrogen and oxygen atoms in total. The van der Waals surface area contributed by atoms with E-state index >= 15 is 0 Å². The molecule has 82 valence electrons. The van der Waals surface area contributed by atoms with Gasteiger partial charge in [-0.25, -0.2) is 4.57 Å². The summed E-state index contributed by atoms with van der Waals surface area (Å²) in [6.45, 7) is 4.04. The van der Waals surface area contributed by atoms with E-state index in [1.807, 2.05) is 36.1 Å². The highest BCUT2D eigenvalue weighted by molar-refractivity contribution is 6.99. The minimum Gasteiger partial charge on any atom is -0.471 e. The van der Waals surface area contributed by atoms with Gasteiger partial charge in [0, 0.05) is 6.07 Å². The van der Waals surface area contributed by atoms with Crippen LogP contribution in [-0.2, 0) is 7.05 Å². The Hall–Kier alpha value is -1.75. The molecule has 0 saturated heterocycles. The van der Waals surface area contributed by atoms with Crippen molar-refractivity contribution >= 4 is 11.7 Å². The van der Waals surface area contributed by atoms with Gasteiger partial charge in [-0.3, -0.25) is 0 Å². The third kappa shape index (κ3) is 2.25. The normalized spacial score (nSPS) is 10.1. The number of hydrogen-bond donors (Lipinski definition) is 0. The number of aromatic nitrogens is 3. The zero-order valence-electron chi connectivity index (χ0n) is 8.96. The smallest absolute Gasteiger partial charge is 0.254 e. The van der Waals surface area contributed by atoms with Crippen molar-refractivity contribution in [2.75, 3.05) is 6.61 Å². The molecular formula is C11H12N3OS+. The second-order valence-electron chi connectivity index (χ2n) is 3.28. The van der Waals surface area contributed by atoms with Gasteiger partial charge < -0.3 is 4.74 Å². The summed E-state index contributed by atoms with van der Waals surface area (Å²) >= 11 is 1.15. The molecule has 0 bridgehead atoms. The van der Waals surface area contributed by atoms with Crippen molar-refractivity contribution in [3.63, 3.8) is 0 Å². The zero-order valence-corrected chi connectivity index (χ0v) is 9.78. The molecule has 0 unspecified atom stereocenters. The monoisotopic (exact) mass is 234 g/mol. The molecule has 0 amide bonds. The first-order chi connectivity index (χ1) is 7.81. The molecule has 0 fully saturated rings. The maximum Gasteiger partial charge on any atom is 0.254 e. The summed E-state index contributed by atoms with van der Waals surface area (Å²) in [5.41, 5.74) is 1.78. The van der Waals surface area contributed by atoms with Crippen molar-refractivity contribution in [3.8, 4) is 17.1 Å². The molecule has 2 aromatic rings. The van der Waals surface area contributed by atoms with Gasteiger partial charge in [-0.1, -0.05) is 12.7 Å². The summed E-state index contributed by atoms with van der Waals surface area (Å²) in [7, 11) is 1.97. The van der Waals surface area contributed by atoms with Crippen LogP contribution in [0.3, 0.4) is 0 Å². The second-order valence-corrected chi connectivity index (χ2v) is 3.80. The lowest BCUT2D eigenvalue weighted by Crippen LogP contribution is -2.26. The summed E-state index contributed by atoms with van der Waals surface area (Å²) in [6, 6.07) is 3.95. The fraction of sp³-hybridized carbons (Fsp3) is 0.182. The van der Waals surface area contributed by atoms with E-state index in [9.17, 15) is 0 Å². The molecule has 16 heavy (non-hydrogen) atoms. The van der Waals surface area contributed by atoms with Crippen LogP contribution in [0.4, 0.5) is 0 Å². The van der Waals surface area contributed by atoms with Crippen molar-refractivity contribution in [1.29, 1.82) is 0 Å². The summed E-state index contributed by atoms with van der Waals surface area (Å²) < 4.78 is 15.7. The van der Waals surface area contributed by atoms with Gasteiger partial charge in [0.2, 0.25) is 0 Å². The number of ether oxygens (including phenoxy) is 1. The first kappa shape index (κ1) is 10.8. The van der Waals surface area contributed by atoms with E-state index in [1.54, 1.807) is 6.08 Å². The molecule has 0 aromatic carbocycles. The fourth-order valence-corrected chi connectivity index (χ4v) is 1.84. The lowest BCUT2D eigenvalue weighted by atomic mass is 10.2. The predicted molar refractivity (Wildman–Crippen MR) is 62.2 cm³/mol. The summed E-state index contributed by atoms with van der Waals surface area (Å²) in [6.07, 6.45) is 5.64. The molecule has 2 aromatic heterocycles. The maximum atomic E-state index is 5.43. The summed E-state index contributed by atoms with van der Waals surface area (Å²) in [5.74, 6) is 0.566. The Morgan fingerprint density at radius 3 is 3.19 bits per heavy atom. The lowest BCUT2D eigenvalue weighted by Gasteiger charge is -2.00. The Labute approximate surface area is 98.2 Å². The molecule has 2 rings (SSSR count). The van der Waals surface area contributed by atoms with Crippen LogP contribution in [0.1, 0.15) is 0 Å². The Morgan fingerprint density at radius 1 is 1.56 bits per heavy atom. The van der Waals surface area contributed by atoms with E-state index in [-0.39, 0.29) is 0 Å². The van der Waals surface area contributed by atoms with Gasteiger partial charge in [-0.2, -0.15) is 4.37 Å². The number of hydrogen-bond acceptors (Lipinski definition) is 4. The first-order valence-corrected chi connectivity index (χ1v) is 5.56. The largest absolute Gasteiger partial charge is 0.471 e. The van der Waals surface area contributed by atoms with Gasteiger partial charge in [-0.05, 0) is 6.07 Å². The van der Waals surface area contributed by atoms with E-state index in [0.29, 0.717) is 12.5 Å². The van der Waals surface area contributed by atoms with Crippen LogP contribution in [0.2, 0.25) is 0 Å². The summed E-state index contributed by atoms with van der Waals surface area (Å²) in [5, 5.41) is 0. The molecule has 0 aliphatic carbocycles. The molecule has 0 aliphatic rings. The molecule has 0 aliphatic heterocycles. The van der Waals surface area contributed by atoms with E-state index in [4.69, 9.17) is 4.74 Å². The molecule has 2 heterocycles. The predicted octanol–water partition coefficient (Wildman–Crippen LogP) is 1.59. The summed E-state index contributed by atoms with van der Waals surface area (Å²) in [4.78, 5) is 0. The highest BCUT2D eigenvalue weighted by atomic mass is 32.1. The number of aryl methyl sites for hydroxylation is 1. The van der Waals surface area contributed by atoms with Gasteiger partial charge in [0.15, 0.2) is 18.1 Å². The Balaban J connectivity index is 2.32. The number of rotatable bonds is 4. The van der Waals surface area contributed by atoms with Gasteiger partial charge >= 0.3 is 0 Å². The van der Waals surface area contributed by atoms with Crippen molar-refractivity contribution in [2.45, 2.75) is 0 Å². The first-order valence-electron chi connectivity index (χ1n) is 4.83. The highest BCUT2D eigenvalue weighted by Gasteiger charge is 2.13. The average Bonchev–Trinajstić information content (AvgIpc) is 2.74. The van der Waals surface area contributed by atoms with Crippen LogP contribution < -0.4 is 9.30 Å². The molecule has 0 atom stereocenters. The van der Waals surface area contributed by atoms with Crippen LogP contribution >= 0.6 is 11.7 Å². The van der Waals surface area contributed by atoms with Crippen molar-refractivity contribution < 1.29 is 9.30 Å². The van der Waals surface area contributed by atoms with Gasteiger partial charge in [0.05, 0.1) is 17.3 Å². The SMILES string of the molecule is C=CCOc1nsnc1-c1ccc[n+](C)c1. The average molecular weight is 234 g/mol. The highest BCUT2D eigenvalue weighted by Crippen LogP contribution is 2.26. The number of nitrogens with zero attached hydrogens (tertiary/aromatic N) is 3. The maximum absolute atomic E-state index is 5.43. The minimum absolute atomic E-state index is 0.442. The van der Waals surface area contributed by atoms with Crippen molar-refractivity contribution in [3.05, 3.63) is 37.2 Å². The van der Waals surface area contributed by atoms with Crippen LogP contribution in [0.5, 0.6) is 5.88 Å². The van der Waals surface area contributed by atoms with Crippen LogP contribution in [-0.4, -0.2) is 15.4 Å². The Bertz CT molecular complexity index is 495. The quantitative estimate of drug-likeness (QED) is 0.595. The van der Waals surface area contributed by atoms with Crippen molar-refractivity contribution in [1.82, 2.24) is 8.75 Å². The number of pyridine rings is 1.